The van der Waals surface area contributed by atoms with E-state index in [0.29, 0.717) is 11.4 Å². The smallest absolute Gasteiger partial charge is 0.303 e. The highest BCUT2D eigenvalue weighted by atomic mass is 16.6. The number of nitro benzene ring substituents is 1. The number of aryl methyl sites for hydroxylation is 2. The van der Waals surface area contributed by atoms with E-state index in [9.17, 15) is 19.7 Å². The third kappa shape index (κ3) is 4.49. The molecule has 1 amide bonds. The van der Waals surface area contributed by atoms with Crippen molar-refractivity contribution >= 4 is 17.6 Å². The molecule has 0 spiro atoms. The van der Waals surface area contributed by atoms with Crippen molar-refractivity contribution in [2.45, 2.75) is 19.8 Å². The minimum atomic E-state index is -0.959. The summed E-state index contributed by atoms with van der Waals surface area (Å²) in [5, 5.41) is 20.3. The van der Waals surface area contributed by atoms with E-state index in [1.807, 2.05) is 31.2 Å². The molecule has 0 radical (unpaired) electrons. The maximum absolute atomic E-state index is 12.8. The van der Waals surface area contributed by atoms with E-state index in [1.165, 1.54) is 22.9 Å². The van der Waals surface area contributed by atoms with Crippen LogP contribution in [-0.4, -0.2) is 26.6 Å². The van der Waals surface area contributed by atoms with Gasteiger partial charge in [-0.1, -0.05) is 42.0 Å². The number of aliphatic carboxylic acids is 1. The number of amides is 1. The Balaban J connectivity index is 2.00. The first kappa shape index (κ1) is 19.8. The van der Waals surface area contributed by atoms with Crippen molar-refractivity contribution < 1.29 is 19.6 Å². The molecule has 0 saturated heterocycles. The van der Waals surface area contributed by atoms with Gasteiger partial charge in [0.2, 0.25) is 0 Å². The Bertz CT molecular complexity index is 1070. The van der Waals surface area contributed by atoms with Crippen LogP contribution in [0.4, 0.5) is 5.69 Å². The summed E-state index contributed by atoms with van der Waals surface area (Å²) in [6.45, 7) is 1.96. The second-order valence-corrected chi connectivity index (χ2v) is 6.52. The van der Waals surface area contributed by atoms with Crippen LogP contribution in [0.15, 0.2) is 60.7 Å². The highest BCUT2D eigenvalue weighted by Crippen LogP contribution is 2.24. The normalized spacial score (nSPS) is 10.5. The first-order valence-corrected chi connectivity index (χ1v) is 8.91. The van der Waals surface area contributed by atoms with Gasteiger partial charge in [-0.15, -0.1) is 0 Å². The number of hydrogen-bond donors (Lipinski definition) is 2. The summed E-state index contributed by atoms with van der Waals surface area (Å²) in [5.74, 6) is -1.61. The lowest BCUT2D eigenvalue weighted by Gasteiger charge is -2.15. The molecule has 2 N–H and O–H groups in total. The average Bonchev–Trinajstić information content (AvgIpc) is 3.09. The van der Waals surface area contributed by atoms with Crippen molar-refractivity contribution in [3.05, 3.63) is 87.6 Å². The summed E-state index contributed by atoms with van der Waals surface area (Å²) in [6.07, 6.45) is 0.0804. The Labute approximate surface area is 166 Å². The summed E-state index contributed by atoms with van der Waals surface area (Å²) in [4.78, 5) is 34.4. The number of nitro groups is 1. The number of nitrogens with zero attached hydrogens (tertiary/aromatic N) is 2. The van der Waals surface area contributed by atoms with Gasteiger partial charge in [0.05, 0.1) is 17.0 Å². The molecule has 1 heterocycles. The van der Waals surface area contributed by atoms with E-state index in [4.69, 9.17) is 5.11 Å². The number of para-hydroxylation sites is 1. The van der Waals surface area contributed by atoms with Crippen LogP contribution >= 0.6 is 0 Å². The number of hydrogen-bond acceptors (Lipinski definition) is 4. The molecule has 0 saturated carbocycles. The van der Waals surface area contributed by atoms with Crippen LogP contribution < -0.4 is 5.43 Å². The van der Waals surface area contributed by atoms with Gasteiger partial charge >= 0.3 is 5.97 Å². The number of carboxylic acids is 1. The van der Waals surface area contributed by atoms with Crippen molar-refractivity contribution in [2.24, 2.45) is 0 Å². The van der Waals surface area contributed by atoms with E-state index in [2.05, 4.69) is 5.43 Å². The Hall–Kier alpha value is -3.94. The maximum Gasteiger partial charge on any atom is 0.303 e. The highest BCUT2D eigenvalue weighted by molar-refractivity contribution is 6.03. The average molecular weight is 393 g/mol. The van der Waals surface area contributed by atoms with Crippen LogP contribution in [0.25, 0.3) is 11.3 Å². The molecule has 2 aromatic carbocycles. The lowest BCUT2D eigenvalue weighted by molar-refractivity contribution is -0.385. The third-order valence-corrected chi connectivity index (χ3v) is 4.46. The SMILES string of the molecule is Cc1ccc(-c2ccc(CCC(=O)O)n2NC(=O)c2ccccc2[N+](=O)[O-])cc1. The number of rotatable bonds is 7. The van der Waals surface area contributed by atoms with Gasteiger partial charge in [-0.05, 0) is 25.1 Å². The molecule has 8 heteroatoms. The van der Waals surface area contributed by atoms with Gasteiger partial charge in [0, 0.05) is 23.7 Å². The molecule has 3 rings (SSSR count). The molecule has 0 bridgehead atoms. The van der Waals surface area contributed by atoms with Gasteiger partial charge in [-0.25, -0.2) is 0 Å². The molecule has 0 aliphatic carbocycles. The summed E-state index contributed by atoms with van der Waals surface area (Å²) < 4.78 is 1.49. The Morgan fingerprint density at radius 3 is 2.41 bits per heavy atom. The number of carboxylic acid groups (broad SMARTS) is 1. The predicted octanol–water partition coefficient (Wildman–Crippen LogP) is 3.77. The van der Waals surface area contributed by atoms with Crippen molar-refractivity contribution in [1.29, 1.82) is 0 Å². The zero-order valence-corrected chi connectivity index (χ0v) is 15.7. The Morgan fingerprint density at radius 1 is 1.07 bits per heavy atom. The van der Waals surface area contributed by atoms with E-state index < -0.39 is 16.8 Å². The molecule has 0 unspecified atom stereocenters. The van der Waals surface area contributed by atoms with Gasteiger partial charge in [-0.2, -0.15) is 0 Å². The predicted molar refractivity (Wildman–Crippen MR) is 107 cm³/mol. The zero-order chi connectivity index (χ0) is 21.0. The van der Waals surface area contributed by atoms with Crippen LogP contribution in [0, 0.1) is 17.0 Å². The minimum Gasteiger partial charge on any atom is -0.481 e. The fourth-order valence-corrected chi connectivity index (χ4v) is 2.98. The monoisotopic (exact) mass is 393 g/mol. The molecule has 0 aliphatic heterocycles. The van der Waals surface area contributed by atoms with E-state index in [0.717, 1.165) is 11.1 Å². The molecule has 3 aromatic rings. The van der Waals surface area contributed by atoms with Gasteiger partial charge in [-0.3, -0.25) is 29.8 Å². The topological polar surface area (TPSA) is 114 Å². The number of nitrogens with one attached hydrogen (secondary N) is 1. The van der Waals surface area contributed by atoms with Gasteiger partial charge in [0.1, 0.15) is 5.56 Å². The number of carbonyl (C=O) groups excluding carboxylic acids is 1. The molecule has 148 valence electrons. The Kier molecular flexibility index (Phi) is 5.73. The van der Waals surface area contributed by atoms with E-state index >= 15 is 0 Å². The highest BCUT2D eigenvalue weighted by Gasteiger charge is 2.21. The number of benzene rings is 2. The maximum atomic E-state index is 12.8. The number of aromatic nitrogens is 1. The van der Waals surface area contributed by atoms with E-state index in [1.54, 1.807) is 18.2 Å². The summed E-state index contributed by atoms with van der Waals surface area (Å²) >= 11 is 0. The lowest BCUT2D eigenvalue weighted by Crippen LogP contribution is -2.26. The van der Waals surface area contributed by atoms with Crippen LogP contribution in [0.3, 0.4) is 0 Å². The summed E-state index contributed by atoms with van der Waals surface area (Å²) in [5.41, 5.74) is 5.42. The molecular weight excluding hydrogens is 374 g/mol. The van der Waals surface area contributed by atoms with Crippen molar-refractivity contribution in [1.82, 2.24) is 4.68 Å². The largest absolute Gasteiger partial charge is 0.481 e. The standard InChI is InChI=1S/C21H19N3O5/c1-14-6-8-15(9-7-14)18-12-10-16(11-13-20(25)26)23(18)22-21(27)17-4-2-3-5-19(17)24(28)29/h2-10,12H,11,13H2,1H3,(H,22,27)(H,25,26). The molecule has 0 aliphatic rings. The van der Waals surface area contributed by atoms with Crippen molar-refractivity contribution in [3.8, 4) is 11.3 Å². The van der Waals surface area contributed by atoms with Crippen molar-refractivity contribution in [2.75, 3.05) is 5.43 Å². The second-order valence-electron chi connectivity index (χ2n) is 6.52. The fourth-order valence-electron chi connectivity index (χ4n) is 2.98. The molecule has 1 aromatic heterocycles. The molecule has 8 nitrogen and oxygen atoms in total. The zero-order valence-electron chi connectivity index (χ0n) is 15.7. The Morgan fingerprint density at radius 2 is 1.76 bits per heavy atom. The third-order valence-electron chi connectivity index (χ3n) is 4.46. The van der Waals surface area contributed by atoms with Gasteiger partial charge in [0.15, 0.2) is 0 Å². The van der Waals surface area contributed by atoms with Crippen LogP contribution in [0.1, 0.15) is 28.0 Å². The van der Waals surface area contributed by atoms with Crippen LogP contribution in [-0.2, 0) is 11.2 Å². The van der Waals surface area contributed by atoms with Crippen LogP contribution in [0.2, 0.25) is 0 Å². The lowest BCUT2D eigenvalue weighted by atomic mass is 10.1. The second kappa shape index (κ2) is 8.39. The molecular formula is C21H19N3O5. The quantitative estimate of drug-likeness (QED) is 0.468. The first-order chi connectivity index (χ1) is 13.9. The molecule has 0 fully saturated rings. The first-order valence-electron chi connectivity index (χ1n) is 8.91. The minimum absolute atomic E-state index is 0.0785. The van der Waals surface area contributed by atoms with Crippen LogP contribution in [0.5, 0.6) is 0 Å². The number of carbonyl (C=O) groups is 2. The summed E-state index contributed by atoms with van der Waals surface area (Å²) in [6, 6.07) is 16.8. The van der Waals surface area contributed by atoms with E-state index in [-0.39, 0.29) is 24.1 Å². The summed E-state index contributed by atoms with van der Waals surface area (Å²) in [7, 11) is 0. The van der Waals surface area contributed by atoms with Gasteiger partial charge < -0.3 is 5.11 Å². The van der Waals surface area contributed by atoms with Gasteiger partial charge in [0.25, 0.3) is 11.6 Å². The molecule has 29 heavy (non-hydrogen) atoms. The van der Waals surface area contributed by atoms with Crippen molar-refractivity contribution in [3.63, 3.8) is 0 Å². The fraction of sp³-hybridized carbons (Fsp3) is 0.143. The molecule has 0 atom stereocenters.